The number of amides is 1. The molecule has 1 fully saturated rings. The molecule has 25 heavy (non-hydrogen) atoms. The Balaban J connectivity index is 1.76. The van der Waals surface area contributed by atoms with Crippen molar-refractivity contribution in [1.82, 2.24) is 9.47 Å². The van der Waals surface area contributed by atoms with Gasteiger partial charge in [0, 0.05) is 24.5 Å². The van der Waals surface area contributed by atoms with Gasteiger partial charge in [0.25, 0.3) is 0 Å². The van der Waals surface area contributed by atoms with E-state index in [1.165, 1.54) is 36.1 Å². The average Bonchev–Trinajstić information content (AvgIpc) is 3.06. The van der Waals surface area contributed by atoms with Gasteiger partial charge in [-0.2, -0.15) is 0 Å². The summed E-state index contributed by atoms with van der Waals surface area (Å²) in [7, 11) is 0. The minimum atomic E-state index is 0.0527. The van der Waals surface area contributed by atoms with Crippen molar-refractivity contribution < 1.29 is 4.79 Å². The lowest BCUT2D eigenvalue weighted by atomic mass is 9.94. The third-order valence-corrected chi connectivity index (χ3v) is 5.37. The second-order valence-electron chi connectivity index (χ2n) is 7.06. The highest BCUT2D eigenvalue weighted by atomic mass is 35.5. The molecule has 2 aromatic rings. The van der Waals surface area contributed by atoms with E-state index in [-0.39, 0.29) is 11.8 Å². The van der Waals surface area contributed by atoms with Crippen LogP contribution in [0.4, 0.5) is 0 Å². The first-order valence-electron chi connectivity index (χ1n) is 9.22. The van der Waals surface area contributed by atoms with E-state index in [9.17, 15) is 4.79 Å². The van der Waals surface area contributed by atoms with E-state index in [0.717, 1.165) is 19.4 Å². The Morgan fingerprint density at radius 2 is 2.00 bits per heavy atom. The van der Waals surface area contributed by atoms with Gasteiger partial charge in [0.2, 0.25) is 5.91 Å². The summed E-state index contributed by atoms with van der Waals surface area (Å²) >= 11 is 5.90. The van der Waals surface area contributed by atoms with Crippen molar-refractivity contribution in [3.8, 4) is 0 Å². The third-order valence-electron chi connectivity index (χ3n) is 5.14. The fraction of sp³-hybridized carbons (Fsp3) is 0.476. The van der Waals surface area contributed by atoms with E-state index in [1.54, 1.807) is 0 Å². The maximum Gasteiger partial charge on any atom is 0.238 e. The first-order valence-corrected chi connectivity index (χ1v) is 9.76. The molecular formula is C21H27ClN2O. The highest BCUT2D eigenvalue weighted by Gasteiger charge is 2.25. The topological polar surface area (TPSA) is 25.2 Å². The number of rotatable bonds is 6. The van der Waals surface area contributed by atoms with Crippen LogP contribution in [0, 0.1) is 6.92 Å². The van der Waals surface area contributed by atoms with Crippen molar-refractivity contribution in [2.24, 2.45) is 0 Å². The van der Waals surface area contributed by atoms with Crippen LogP contribution < -0.4 is 0 Å². The van der Waals surface area contributed by atoms with Gasteiger partial charge in [0.1, 0.15) is 5.88 Å². The number of aryl methyl sites for hydroxylation is 1. The van der Waals surface area contributed by atoms with Gasteiger partial charge in [0.15, 0.2) is 0 Å². The predicted molar refractivity (Wildman–Crippen MR) is 103 cm³/mol. The zero-order valence-electron chi connectivity index (χ0n) is 15.0. The third kappa shape index (κ3) is 4.66. The number of alkyl halides is 1. The lowest BCUT2D eigenvalue weighted by Crippen LogP contribution is -2.42. The van der Waals surface area contributed by atoms with Crippen molar-refractivity contribution in [3.05, 3.63) is 59.4 Å². The molecule has 0 atom stereocenters. The molecule has 1 aliphatic carbocycles. The standard InChI is InChI=1S/C21H27ClN2O/c1-17-7-5-8-18(13-17)15-23-12-6-11-20(23)16-24(21(25)14-22)19-9-3-2-4-10-19/h5-8,11-13,19H,2-4,9-10,14-16H2,1H3. The molecule has 1 saturated carbocycles. The van der Waals surface area contributed by atoms with Gasteiger partial charge in [-0.25, -0.2) is 0 Å². The van der Waals surface area contributed by atoms with Crippen LogP contribution in [0.1, 0.15) is 48.9 Å². The molecule has 134 valence electrons. The molecule has 0 unspecified atom stereocenters. The summed E-state index contributed by atoms with van der Waals surface area (Å²) in [6.07, 6.45) is 8.00. The molecule has 3 nitrogen and oxygen atoms in total. The molecule has 1 heterocycles. The maximum atomic E-state index is 12.4. The highest BCUT2D eigenvalue weighted by Crippen LogP contribution is 2.25. The van der Waals surface area contributed by atoms with E-state index in [2.05, 4.69) is 54.1 Å². The minimum absolute atomic E-state index is 0.0527. The Kier molecular flexibility index (Phi) is 6.19. The number of hydrogen-bond acceptors (Lipinski definition) is 1. The lowest BCUT2D eigenvalue weighted by Gasteiger charge is -2.34. The van der Waals surface area contributed by atoms with E-state index in [4.69, 9.17) is 11.6 Å². The van der Waals surface area contributed by atoms with Crippen LogP contribution in [0.5, 0.6) is 0 Å². The molecule has 1 aromatic heterocycles. The largest absolute Gasteiger partial charge is 0.345 e. The Morgan fingerprint density at radius 3 is 2.72 bits per heavy atom. The fourth-order valence-electron chi connectivity index (χ4n) is 3.82. The number of nitrogens with zero attached hydrogens (tertiary/aromatic N) is 2. The molecular weight excluding hydrogens is 332 g/mol. The average molecular weight is 359 g/mol. The first-order chi connectivity index (χ1) is 12.2. The molecule has 0 saturated heterocycles. The number of carbonyl (C=O) groups is 1. The van der Waals surface area contributed by atoms with Gasteiger partial charge in [-0.15, -0.1) is 11.6 Å². The Hall–Kier alpha value is -1.74. The molecule has 1 amide bonds. The van der Waals surface area contributed by atoms with Gasteiger partial charge in [-0.05, 0) is 37.5 Å². The zero-order valence-corrected chi connectivity index (χ0v) is 15.7. The van der Waals surface area contributed by atoms with Crippen molar-refractivity contribution in [1.29, 1.82) is 0 Å². The molecule has 0 N–H and O–H groups in total. The van der Waals surface area contributed by atoms with Crippen LogP contribution in [0.2, 0.25) is 0 Å². The second kappa shape index (κ2) is 8.57. The summed E-state index contributed by atoms with van der Waals surface area (Å²) in [5.74, 6) is 0.117. The maximum absolute atomic E-state index is 12.4. The molecule has 0 radical (unpaired) electrons. The fourth-order valence-corrected chi connectivity index (χ4v) is 3.97. The molecule has 1 aromatic carbocycles. The summed E-state index contributed by atoms with van der Waals surface area (Å²) in [4.78, 5) is 14.4. The van der Waals surface area contributed by atoms with Crippen LogP contribution in [0.25, 0.3) is 0 Å². The SMILES string of the molecule is Cc1cccc(Cn2cccc2CN(C(=O)CCl)C2CCCCC2)c1. The van der Waals surface area contributed by atoms with Crippen molar-refractivity contribution in [2.45, 2.75) is 58.2 Å². The van der Waals surface area contributed by atoms with E-state index < -0.39 is 0 Å². The number of aromatic nitrogens is 1. The monoisotopic (exact) mass is 358 g/mol. The first kappa shape index (κ1) is 18.1. The van der Waals surface area contributed by atoms with Gasteiger partial charge in [-0.3, -0.25) is 4.79 Å². The van der Waals surface area contributed by atoms with Crippen molar-refractivity contribution >= 4 is 17.5 Å². The Morgan fingerprint density at radius 1 is 1.20 bits per heavy atom. The van der Waals surface area contributed by atoms with E-state index in [0.29, 0.717) is 12.6 Å². The van der Waals surface area contributed by atoms with Crippen LogP contribution in [0.15, 0.2) is 42.6 Å². The van der Waals surface area contributed by atoms with Crippen LogP contribution in [-0.2, 0) is 17.9 Å². The Labute approximate surface area is 155 Å². The van der Waals surface area contributed by atoms with Crippen LogP contribution >= 0.6 is 11.6 Å². The van der Waals surface area contributed by atoms with E-state index >= 15 is 0 Å². The predicted octanol–water partition coefficient (Wildman–Crippen LogP) is 4.74. The second-order valence-corrected chi connectivity index (χ2v) is 7.33. The molecule has 0 bridgehead atoms. The van der Waals surface area contributed by atoms with Gasteiger partial charge >= 0.3 is 0 Å². The van der Waals surface area contributed by atoms with E-state index in [1.807, 2.05) is 4.90 Å². The summed E-state index contributed by atoms with van der Waals surface area (Å²) in [5, 5.41) is 0. The highest BCUT2D eigenvalue weighted by molar-refractivity contribution is 6.27. The van der Waals surface area contributed by atoms with Gasteiger partial charge < -0.3 is 9.47 Å². The van der Waals surface area contributed by atoms with Crippen LogP contribution in [0.3, 0.4) is 0 Å². The summed E-state index contributed by atoms with van der Waals surface area (Å²) < 4.78 is 2.24. The van der Waals surface area contributed by atoms with Gasteiger partial charge in [0.05, 0.1) is 6.54 Å². The zero-order chi connectivity index (χ0) is 17.6. The number of benzene rings is 1. The van der Waals surface area contributed by atoms with Crippen molar-refractivity contribution in [2.75, 3.05) is 5.88 Å². The van der Waals surface area contributed by atoms with Gasteiger partial charge in [-0.1, -0.05) is 49.1 Å². The number of halogens is 1. The van der Waals surface area contributed by atoms with Crippen molar-refractivity contribution in [3.63, 3.8) is 0 Å². The molecule has 1 aliphatic rings. The molecule has 0 spiro atoms. The quantitative estimate of drug-likeness (QED) is 0.684. The minimum Gasteiger partial charge on any atom is -0.345 e. The smallest absolute Gasteiger partial charge is 0.238 e. The molecule has 3 rings (SSSR count). The number of carbonyl (C=O) groups excluding carboxylic acids is 1. The summed E-state index contributed by atoms with van der Waals surface area (Å²) in [5.41, 5.74) is 3.73. The number of hydrogen-bond donors (Lipinski definition) is 0. The Bertz CT molecular complexity index is 703. The molecule has 4 heteroatoms. The normalized spacial score (nSPS) is 15.3. The summed E-state index contributed by atoms with van der Waals surface area (Å²) in [6.45, 7) is 3.59. The molecule has 0 aliphatic heterocycles. The lowest BCUT2D eigenvalue weighted by molar-refractivity contribution is -0.132. The van der Waals surface area contributed by atoms with Crippen LogP contribution in [-0.4, -0.2) is 27.3 Å². The summed E-state index contributed by atoms with van der Waals surface area (Å²) in [6, 6.07) is 13.1.